The van der Waals surface area contributed by atoms with Crippen molar-refractivity contribution in [1.29, 1.82) is 0 Å². The first-order chi connectivity index (χ1) is 11.0. The van der Waals surface area contributed by atoms with Gasteiger partial charge in [0, 0.05) is 24.5 Å². The summed E-state index contributed by atoms with van der Waals surface area (Å²) in [6, 6.07) is 16.4. The molecule has 2 aromatic carbocycles. The van der Waals surface area contributed by atoms with Crippen molar-refractivity contribution in [2.75, 3.05) is 0 Å². The van der Waals surface area contributed by atoms with Crippen LogP contribution < -0.4 is 5.73 Å². The third-order valence-electron chi connectivity index (χ3n) is 3.76. The topological polar surface area (TPSA) is 65.1 Å². The average Bonchev–Trinajstić information content (AvgIpc) is 3.06. The van der Waals surface area contributed by atoms with E-state index in [1.54, 1.807) is 42.7 Å². The van der Waals surface area contributed by atoms with E-state index in [9.17, 15) is 8.42 Å². The molecule has 3 aromatic rings. The van der Waals surface area contributed by atoms with E-state index in [2.05, 4.69) is 0 Å². The molecule has 1 aromatic heterocycles. The molecule has 118 valence electrons. The molecule has 0 aliphatic carbocycles. The zero-order chi connectivity index (χ0) is 16.4. The molecule has 0 aliphatic heterocycles. The monoisotopic (exact) mass is 326 g/mol. The van der Waals surface area contributed by atoms with Crippen molar-refractivity contribution in [2.45, 2.75) is 18.4 Å². The fraction of sp³-hybridized carbons (Fsp3) is 0.111. The molecule has 0 aliphatic rings. The maximum absolute atomic E-state index is 12.7. The Bertz CT molecular complexity index is 926. The summed E-state index contributed by atoms with van der Waals surface area (Å²) in [4.78, 5) is 0.279. The summed E-state index contributed by atoms with van der Waals surface area (Å²) in [5.41, 5.74) is 9.49. The van der Waals surface area contributed by atoms with Crippen LogP contribution in [0.5, 0.6) is 0 Å². The quantitative estimate of drug-likeness (QED) is 0.801. The van der Waals surface area contributed by atoms with Crippen LogP contribution in [-0.2, 0) is 16.6 Å². The van der Waals surface area contributed by atoms with Crippen LogP contribution in [0.4, 0.5) is 0 Å². The van der Waals surface area contributed by atoms with Crippen LogP contribution in [-0.4, -0.2) is 12.4 Å². The first-order valence-electron chi connectivity index (χ1n) is 7.30. The van der Waals surface area contributed by atoms with Crippen LogP contribution in [0.25, 0.3) is 11.1 Å². The summed E-state index contributed by atoms with van der Waals surface area (Å²) in [5.74, 6) is 0. The molecule has 0 radical (unpaired) electrons. The molecule has 0 saturated carbocycles. The van der Waals surface area contributed by atoms with Crippen LogP contribution in [0.15, 0.2) is 71.9 Å². The van der Waals surface area contributed by atoms with Crippen molar-refractivity contribution in [1.82, 2.24) is 3.97 Å². The van der Waals surface area contributed by atoms with Gasteiger partial charge in [0.2, 0.25) is 0 Å². The lowest BCUT2D eigenvalue weighted by molar-refractivity contribution is 0.587. The van der Waals surface area contributed by atoms with Gasteiger partial charge in [-0.05, 0) is 42.3 Å². The molecule has 0 saturated heterocycles. The maximum atomic E-state index is 12.7. The van der Waals surface area contributed by atoms with E-state index < -0.39 is 10.0 Å². The van der Waals surface area contributed by atoms with Crippen LogP contribution in [0.3, 0.4) is 0 Å². The highest BCUT2D eigenvalue weighted by molar-refractivity contribution is 7.90. The molecule has 4 nitrogen and oxygen atoms in total. The van der Waals surface area contributed by atoms with Gasteiger partial charge in [-0.15, -0.1) is 0 Å². The lowest BCUT2D eigenvalue weighted by Gasteiger charge is -2.06. The Labute approximate surface area is 136 Å². The van der Waals surface area contributed by atoms with Gasteiger partial charge in [0.05, 0.1) is 4.90 Å². The first-order valence-corrected chi connectivity index (χ1v) is 8.74. The van der Waals surface area contributed by atoms with Crippen LogP contribution in [0, 0.1) is 6.92 Å². The van der Waals surface area contributed by atoms with Crippen molar-refractivity contribution in [3.05, 3.63) is 78.1 Å². The van der Waals surface area contributed by atoms with E-state index in [1.165, 1.54) is 3.97 Å². The number of benzene rings is 2. The third-order valence-corrected chi connectivity index (χ3v) is 5.41. The molecule has 3 rings (SSSR count). The molecule has 0 bridgehead atoms. The molecule has 0 unspecified atom stereocenters. The standard InChI is InChI=1S/C18H18N2O2S/c1-14-5-7-18(8-6-14)23(21,22)20-10-9-17(13-20)16-4-2-3-15(11-16)12-19/h2-11,13H,12,19H2,1H3. The Kier molecular flexibility index (Phi) is 4.07. The molecule has 0 fully saturated rings. The van der Waals surface area contributed by atoms with E-state index in [1.807, 2.05) is 31.2 Å². The third kappa shape index (κ3) is 3.06. The Hall–Kier alpha value is -2.37. The Morgan fingerprint density at radius 3 is 2.43 bits per heavy atom. The van der Waals surface area contributed by atoms with Gasteiger partial charge in [0.15, 0.2) is 0 Å². The van der Waals surface area contributed by atoms with E-state index in [-0.39, 0.29) is 4.90 Å². The summed E-state index contributed by atoms with van der Waals surface area (Å²) in [7, 11) is -3.57. The number of hydrogen-bond donors (Lipinski definition) is 1. The summed E-state index contributed by atoms with van der Waals surface area (Å²) < 4.78 is 26.6. The van der Waals surface area contributed by atoms with Gasteiger partial charge >= 0.3 is 0 Å². The zero-order valence-electron chi connectivity index (χ0n) is 12.8. The second-order valence-corrected chi connectivity index (χ2v) is 7.30. The molecule has 23 heavy (non-hydrogen) atoms. The van der Waals surface area contributed by atoms with Gasteiger partial charge in [0.25, 0.3) is 10.0 Å². The smallest absolute Gasteiger partial charge is 0.267 e. The Balaban J connectivity index is 1.99. The van der Waals surface area contributed by atoms with Crippen LogP contribution in [0.1, 0.15) is 11.1 Å². The number of aromatic nitrogens is 1. The van der Waals surface area contributed by atoms with Crippen LogP contribution in [0.2, 0.25) is 0 Å². The van der Waals surface area contributed by atoms with E-state index in [4.69, 9.17) is 5.73 Å². The van der Waals surface area contributed by atoms with Crippen molar-refractivity contribution in [3.8, 4) is 11.1 Å². The summed E-state index contributed by atoms with van der Waals surface area (Å²) >= 11 is 0. The molecule has 5 heteroatoms. The lowest BCUT2D eigenvalue weighted by atomic mass is 10.1. The predicted octanol–water partition coefficient (Wildman–Crippen LogP) is 3.16. The normalized spacial score (nSPS) is 11.6. The number of aryl methyl sites for hydroxylation is 1. The van der Waals surface area contributed by atoms with Crippen molar-refractivity contribution in [3.63, 3.8) is 0 Å². The number of nitrogens with zero attached hydrogens (tertiary/aromatic N) is 1. The van der Waals surface area contributed by atoms with E-state index in [0.717, 1.165) is 22.3 Å². The maximum Gasteiger partial charge on any atom is 0.267 e. The van der Waals surface area contributed by atoms with E-state index >= 15 is 0 Å². The highest BCUT2D eigenvalue weighted by atomic mass is 32.2. The van der Waals surface area contributed by atoms with Gasteiger partial charge < -0.3 is 5.73 Å². The lowest BCUT2D eigenvalue weighted by Crippen LogP contribution is -2.10. The van der Waals surface area contributed by atoms with Gasteiger partial charge in [-0.2, -0.15) is 0 Å². The molecular weight excluding hydrogens is 308 g/mol. The number of nitrogens with two attached hydrogens (primary N) is 1. The fourth-order valence-corrected chi connectivity index (χ4v) is 3.60. The second-order valence-electron chi connectivity index (χ2n) is 5.45. The van der Waals surface area contributed by atoms with E-state index in [0.29, 0.717) is 6.54 Å². The Morgan fingerprint density at radius 1 is 1.00 bits per heavy atom. The highest BCUT2D eigenvalue weighted by Crippen LogP contribution is 2.23. The first kappa shape index (κ1) is 15.5. The summed E-state index contributed by atoms with van der Waals surface area (Å²) in [6.07, 6.45) is 3.20. The summed E-state index contributed by atoms with van der Waals surface area (Å²) in [6.45, 7) is 2.38. The second kappa shape index (κ2) is 6.02. The van der Waals surface area contributed by atoms with Crippen molar-refractivity contribution < 1.29 is 8.42 Å². The molecule has 0 spiro atoms. The predicted molar refractivity (Wildman–Crippen MR) is 91.5 cm³/mol. The number of hydrogen-bond acceptors (Lipinski definition) is 3. The fourth-order valence-electron chi connectivity index (χ4n) is 2.41. The molecule has 1 heterocycles. The van der Waals surface area contributed by atoms with Crippen molar-refractivity contribution >= 4 is 10.0 Å². The summed E-state index contributed by atoms with van der Waals surface area (Å²) in [5, 5.41) is 0. The largest absolute Gasteiger partial charge is 0.326 e. The van der Waals surface area contributed by atoms with Gasteiger partial charge in [-0.25, -0.2) is 12.4 Å². The van der Waals surface area contributed by atoms with Gasteiger partial charge in [-0.1, -0.05) is 35.9 Å². The number of rotatable bonds is 4. The molecule has 2 N–H and O–H groups in total. The SMILES string of the molecule is Cc1ccc(S(=O)(=O)n2ccc(-c3cccc(CN)c3)c2)cc1. The minimum atomic E-state index is -3.57. The minimum Gasteiger partial charge on any atom is -0.326 e. The average molecular weight is 326 g/mol. The van der Waals surface area contributed by atoms with Gasteiger partial charge in [-0.3, -0.25) is 0 Å². The molecular formula is C18H18N2O2S. The van der Waals surface area contributed by atoms with Crippen LogP contribution >= 0.6 is 0 Å². The van der Waals surface area contributed by atoms with Crippen molar-refractivity contribution in [2.24, 2.45) is 5.73 Å². The molecule has 0 atom stereocenters. The highest BCUT2D eigenvalue weighted by Gasteiger charge is 2.16. The minimum absolute atomic E-state index is 0.279. The molecule has 0 amide bonds. The van der Waals surface area contributed by atoms with Gasteiger partial charge in [0.1, 0.15) is 0 Å². The zero-order valence-corrected chi connectivity index (χ0v) is 13.6. The Morgan fingerprint density at radius 2 is 1.74 bits per heavy atom.